The van der Waals surface area contributed by atoms with Crippen molar-refractivity contribution in [1.82, 2.24) is 9.78 Å². The van der Waals surface area contributed by atoms with Gasteiger partial charge in [-0.05, 0) is 43.7 Å². The Hall–Kier alpha value is -2.54. The fourth-order valence-corrected chi connectivity index (χ4v) is 1.81. The van der Waals surface area contributed by atoms with Crippen LogP contribution in [0.2, 0.25) is 0 Å². The molecule has 1 N–H and O–H groups in total. The van der Waals surface area contributed by atoms with Crippen molar-refractivity contribution in [3.63, 3.8) is 0 Å². The summed E-state index contributed by atoms with van der Waals surface area (Å²) >= 11 is 0. The first kappa shape index (κ1) is 12.9. The van der Waals surface area contributed by atoms with Gasteiger partial charge in [0.15, 0.2) is 0 Å². The topological polar surface area (TPSA) is 46.9 Å². The number of carbonyl (C=O) groups excluding carboxylic acids is 1. The van der Waals surface area contributed by atoms with E-state index in [0.29, 0.717) is 5.69 Å². The van der Waals surface area contributed by atoms with Gasteiger partial charge in [0.1, 0.15) is 5.69 Å². The molecular weight excluding hydrogens is 238 g/mol. The Morgan fingerprint density at radius 2 is 2.16 bits per heavy atom. The lowest BCUT2D eigenvalue weighted by molar-refractivity contribution is 0.101. The average molecular weight is 253 g/mol. The fourth-order valence-electron chi connectivity index (χ4n) is 1.81. The molecule has 4 heteroatoms. The molecule has 4 nitrogen and oxygen atoms in total. The zero-order valence-corrected chi connectivity index (χ0v) is 11.2. The van der Waals surface area contributed by atoms with Crippen molar-refractivity contribution in [2.75, 3.05) is 5.32 Å². The van der Waals surface area contributed by atoms with Crippen molar-refractivity contribution < 1.29 is 4.79 Å². The molecule has 0 saturated carbocycles. The number of anilines is 1. The fraction of sp³-hybridized carbons (Fsp3) is 0.200. The van der Waals surface area contributed by atoms with E-state index >= 15 is 0 Å². The lowest BCUT2D eigenvalue weighted by Gasteiger charge is -2.08. The zero-order chi connectivity index (χ0) is 13.8. The third kappa shape index (κ3) is 2.83. The second-order valence-electron chi connectivity index (χ2n) is 4.20. The number of hydrogen-bond donors (Lipinski definition) is 1. The van der Waals surface area contributed by atoms with Crippen LogP contribution in [-0.2, 0) is 7.05 Å². The van der Waals surface area contributed by atoms with E-state index in [4.69, 9.17) is 0 Å². The van der Waals surface area contributed by atoms with Gasteiger partial charge < -0.3 is 5.32 Å². The maximum absolute atomic E-state index is 12.1. The van der Waals surface area contributed by atoms with Crippen LogP contribution in [-0.4, -0.2) is 15.7 Å². The molecule has 0 unspecified atom stereocenters. The number of aromatic nitrogens is 2. The van der Waals surface area contributed by atoms with Gasteiger partial charge in [-0.15, -0.1) is 5.92 Å². The number of nitrogens with one attached hydrogen (secondary N) is 1. The molecule has 2 aromatic rings. The summed E-state index contributed by atoms with van der Waals surface area (Å²) in [7, 11) is 1.74. The highest BCUT2D eigenvalue weighted by molar-refractivity contribution is 6.03. The number of aryl methyl sites for hydroxylation is 2. The van der Waals surface area contributed by atoms with Crippen molar-refractivity contribution in [1.29, 1.82) is 0 Å². The standard InChI is InChI=1S/C15H15N3O/c1-4-5-12-6-7-13(11(2)10-12)17-15(19)14-8-9-16-18(14)3/h6-10H,1-3H3,(H,17,19). The van der Waals surface area contributed by atoms with Crippen LogP contribution in [0.4, 0.5) is 5.69 Å². The molecule has 0 fully saturated rings. The van der Waals surface area contributed by atoms with Gasteiger partial charge in [0, 0.05) is 24.5 Å². The molecule has 0 bridgehead atoms. The molecule has 0 aliphatic rings. The Balaban J connectivity index is 2.22. The smallest absolute Gasteiger partial charge is 0.273 e. The number of benzene rings is 1. The number of rotatable bonds is 2. The van der Waals surface area contributed by atoms with Crippen LogP contribution >= 0.6 is 0 Å². The summed E-state index contributed by atoms with van der Waals surface area (Å²) in [5.41, 5.74) is 3.24. The first-order valence-electron chi connectivity index (χ1n) is 5.94. The first-order chi connectivity index (χ1) is 9.11. The van der Waals surface area contributed by atoms with Crippen molar-refractivity contribution in [2.45, 2.75) is 13.8 Å². The minimum absolute atomic E-state index is 0.169. The van der Waals surface area contributed by atoms with E-state index in [1.165, 1.54) is 0 Å². The summed E-state index contributed by atoms with van der Waals surface area (Å²) < 4.78 is 1.54. The normalized spacial score (nSPS) is 9.63. The van der Waals surface area contributed by atoms with Crippen LogP contribution in [0.1, 0.15) is 28.5 Å². The lowest BCUT2D eigenvalue weighted by Crippen LogP contribution is -2.16. The highest BCUT2D eigenvalue weighted by atomic mass is 16.2. The maximum atomic E-state index is 12.1. The van der Waals surface area contributed by atoms with Gasteiger partial charge in [-0.3, -0.25) is 9.48 Å². The maximum Gasteiger partial charge on any atom is 0.273 e. The number of hydrogen-bond acceptors (Lipinski definition) is 2. The molecule has 19 heavy (non-hydrogen) atoms. The molecule has 1 heterocycles. The van der Waals surface area contributed by atoms with Gasteiger partial charge >= 0.3 is 0 Å². The summed E-state index contributed by atoms with van der Waals surface area (Å²) in [6.45, 7) is 3.74. The van der Waals surface area contributed by atoms with Gasteiger partial charge in [-0.25, -0.2) is 0 Å². The summed E-state index contributed by atoms with van der Waals surface area (Å²) in [4.78, 5) is 12.1. The van der Waals surface area contributed by atoms with E-state index in [1.54, 1.807) is 30.9 Å². The second-order valence-corrected chi connectivity index (χ2v) is 4.20. The first-order valence-corrected chi connectivity index (χ1v) is 5.94. The van der Waals surface area contributed by atoms with Gasteiger partial charge in [0.2, 0.25) is 0 Å². The van der Waals surface area contributed by atoms with Crippen LogP contribution in [0.25, 0.3) is 0 Å². The van der Waals surface area contributed by atoms with Crippen molar-refractivity contribution in [3.8, 4) is 11.8 Å². The van der Waals surface area contributed by atoms with Crippen molar-refractivity contribution in [2.24, 2.45) is 7.05 Å². The van der Waals surface area contributed by atoms with Crippen LogP contribution in [0, 0.1) is 18.8 Å². The van der Waals surface area contributed by atoms with E-state index in [0.717, 1.165) is 16.8 Å². The molecule has 1 aromatic carbocycles. The molecule has 0 spiro atoms. The number of nitrogens with zero attached hydrogens (tertiary/aromatic N) is 2. The Morgan fingerprint density at radius 3 is 2.74 bits per heavy atom. The molecule has 1 aromatic heterocycles. The molecule has 0 radical (unpaired) electrons. The highest BCUT2D eigenvalue weighted by Crippen LogP contribution is 2.17. The summed E-state index contributed by atoms with van der Waals surface area (Å²) in [6, 6.07) is 7.39. The van der Waals surface area contributed by atoms with Gasteiger partial charge in [0.05, 0.1) is 0 Å². The SMILES string of the molecule is CC#Cc1ccc(NC(=O)c2ccnn2C)c(C)c1. The lowest BCUT2D eigenvalue weighted by atomic mass is 10.1. The molecule has 0 atom stereocenters. The molecule has 0 aliphatic heterocycles. The van der Waals surface area contributed by atoms with E-state index in [2.05, 4.69) is 22.3 Å². The molecule has 0 saturated heterocycles. The van der Waals surface area contributed by atoms with Crippen molar-refractivity contribution >= 4 is 11.6 Å². The third-order valence-corrected chi connectivity index (χ3v) is 2.80. The van der Waals surface area contributed by atoms with Gasteiger partial charge in [-0.2, -0.15) is 5.10 Å². The quantitative estimate of drug-likeness (QED) is 0.835. The molecule has 1 amide bonds. The Labute approximate surface area is 112 Å². The zero-order valence-electron chi connectivity index (χ0n) is 11.2. The van der Waals surface area contributed by atoms with Crippen LogP contribution in [0.3, 0.4) is 0 Å². The van der Waals surface area contributed by atoms with Crippen LogP contribution in [0.5, 0.6) is 0 Å². The molecule has 2 rings (SSSR count). The monoisotopic (exact) mass is 253 g/mol. The van der Waals surface area contributed by atoms with E-state index in [-0.39, 0.29) is 5.91 Å². The largest absolute Gasteiger partial charge is 0.320 e. The van der Waals surface area contributed by atoms with Crippen LogP contribution in [0.15, 0.2) is 30.5 Å². The van der Waals surface area contributed by atoms with Gasteiger partial charge in [0.25, 0.3) is 5.91 Å². The Bertz CT molecular complexity index is 674. The molecular formula is C15H15N3O. The third-order valence-electron chi connectivity index (χ3n) is 2.80. The highest BCUT2D eigenvalue weighted by Gasteiger charge is 2.11. The molecule has 0 aliphatic carbocycles. The molecule has 96 valence electrons. The Morgan fingerprint density at radius 1 is 1.37 bits per heavy atom. The number of amides is 1. The minimum atomic E-state index is -0.169. The van der Waals surface area contributed by atoms with E-state index in [9.17, 15) is 4.79 Å². The van der Waals surface area contributed by atoms with E-state index in [1.807, 2.05) is 25.1 Å². The number of carbonyl (C=O) groups is 1. The Kier molecular flexibility index (Phi) is 3.67. The second kappa shape index (κ2) is 5.40. The average Bonchev–Trinajstić information content (AvgIpc) is 2.79. The summed E-state index contributed by atoms with van der Waals surface area (Å²) in [5.74, 6) is 5.67. The van der Waals surface area contributed by atoms with Crippen molar-refractivity contribution in [3.05, 3.63) is 47.3 Å². The predicted molar refractivity (Wildman–Crippen MR) is 74.9 cm³/mol. The summed E-state index contributed by atoms with van der Waals surface area (Å²) in [6.07, 6.45) is 1.60. The minimum Gasteiger partial charge on any atom is -0.320 e. The predicted octanol–water partition coefficient (Wildman–Crippen LogP) is 2.35. The van der Waals surface area contributed by atoms with E-state index < -0.39 is 0 Å². The van der Waals surface area contributed by atoms with Crippen LogP contribution < -0.4 is 5.32 Å². The van der Waals surface area contributed by atoms with Gasteiger partial charge in [-0.1, -0.05) is 5.92 Å². The summed E-state index contributed by atoms with van der Waals surface area (Å²) in [5, 5.41) is 6.85.